The second-order valence-electron chi connectivity index (χ2n) is 8.36. The first-order valence-electron chi connectivity index (χ1n) is 10.2. The molecule has 2 heterocycles. The van der Waals surface area contributed by atoms with Gasteiger partial charge in [-0.1, -0.05) is 48.5 Å². The minimum absolute atomic E-state index is 0.0917. The number of carbonyl (C=O) groups excluding carboxylic acids is 1. The highest BCUT2D eigenvalue weighted by Gasteiger charge is 2.57. The molecule has 162 valence electrons. The molecule has 1 amide bonds. The number of hydrogen-bond acceptors (Lipinski definition) is 6. The van der Waals surface area contributed by atoms with E-state index in [1.807, 2.05) is 36.4 Å². The maximum atomic E-state index is 12.6. The topological polar surface area (TPSA) is 103 Å². The molecule has 2 aliphatic heterocycles. The van der Waals surface area contributed by atoms with Crippen molar-refractivity contribution in [3.05, 3.63) is 59.7 Å². The van der Waals surface area contributed by atoms with Crippen LogP contribution < -0.4 is 5.32 Å². The van der Waals surface area contributed by atoms with Gasteiger partial charge in [-0.15, -0.1) is 0 Å². The number of nitrogens with one attached hydrogen (secondary N) is 1. The van der Waals surface area contributed by atoms with Crippen molar-refractivity contribution >= 4 is 12.1 Å². The number of carboxylic acid groups (broad SMARTS) is 1. The maximum absolute atomic E-state index is 12.6. The molecule has 3 aliphatic rings. The lowest BCUT2D eigenvalue weighted by Gasteiger charge is -2.24. The van der Waals surface area contributed by atoms with Gasteiger partial charge in [-0.3, -0.25) is 0 Å². The van der Waals surface area contributed by atoms with Crippen molar-refractivity contribution in [2.75, 3.05) is 6.61 Å². The standard InChI is InChI=1S/C23H23NO7/c1-23(2)30-19-17(18(20(25)26)29-21(19)31-23)24-22(27)28-11-16-14-9-5-3-7-12(14)13-8-4-6-10-15(13)16/h3-10,16-19,21H,11H2,1-2H3,(H,24,27)(H,25,26)/t17-,18-,19-,21+/m0/s1. The average molecular weight is 425 g/mol. The van der Waals surface area contributed by atoms with Gasteiger partial charge in [-0.25, -0.2) is 9.59 Å². The van der Waals surface area contributed by atoms with Crippen LogP contribution >= 0.6 is 0 Å². The third-order valence-electron chi connectivity index (χ3n) is 5.92. The number of alkyl carbamates (subject to hydrolysis) is 1. The van der Waals surface area contributed by atoms with E-state index in [2.05, 4.69) is 17.4 Å². The minimum Gasteiger partial charge on any atom is -0.479 e. The predicted octanol–water partition coefficient (Wildman–Crippen LogP) is 2.85. The van der Waals surface area contributed by atoms with Crippen molar-refractivity contribution in [3.8, 4) is 11.1 Å². The van der Waals surface area contributed by atoms with Crippen LogP contribution in [0.2, 0.25) is 0 Å². The van der Waals surface area contributed by atoms with Crippen LogP contribution in [0, 0.1) is 0 Å². The molecule has 2 saturated heterocycles. The van der Waals surface area contributed by atoms with Crippen LogP contribution in [0.5, 0.6) is 0 Å². The summed E-state index contributed by atoms with van der Waals surface area (Å²) in [5.41, 5.74) is 4.45. The van der Waals surface area contributed by atoms with Gasteiger partial charge in [0.15, 0.2) is 18.2 Å². The van der Waals surface area contributed by atoms with Gasteiger partial charge in [0.1, 0.15) is 18.8 Å². The monoisotopic (exact) mass is 425 g/mol. The zero-order chi connectivity index (χ0) is 21.8. The molecule has 2 fully saturated rings. The Morgan fingerprint density at radius 2 is 1.65 bits per heavy atom. The van der Waals surface area contributed by atoms with Crippen LogP contribution in [0.3, 0.4) is 0 Å². The Balaban J connectivity index is 1.29. The molecule has 0 bridgehead atoms. The van der Waals surface area contributed by atoms with Crippen LogP contribution in [0.4, 0.5) is 4.79 Å². The molecule has 0 unspecified atom stereocenters. The summed E-state index contributed by atoms with van der Waals surface area (Å²) in [5, 5.41) is 12.1. The molecule has 8 heteroatoms. The molecule has 2 N–H and O–H groups in total. The molecule has 1 aliphatic carbocycles. The summed E-state index contributed by atoms with van der Waals surface area (Å²) in [5.74, 6) is -2.23. The predicted molar refractivity (Wildman–Crippen MR) is 108 cm³/mol. The van der Waals surface area contributed by atoms with Gasteiger partial charge in [0, 0.05) is 5.92 Å². The van der Waals surface area contributed by atoms with E-state index >= 15 is 0 Å². The van der Waals surface area contributed by atoms with E-state index in [1.54, 1.807) is 13.8 Å². The van der Waals surface area contributed by atoms with E-state index < -0.39 is 42.4 Å². The van der Waals surface area contributed by atoms with E-state index in [0.717, 1.165) is 22.3 Å². The van der Waals surface area contributed by atoms with Crippen LogP contribution in [0.25, 0.3) is 11.1 Å². The van der Waals surface area contributed by atoms with Crippen molar-refractivity contribution in [1.29, 1.82) is 0 Å². The Hall–Kier alpha value is -2.94. The van der Waals surface area contributed by atoms with E-state index in [9.17, 15) is 14.7 Å². The molecule has 4 atom stereocenters. The fraction of sp³-hybridized carbons (Fsp3) is 0.391. The highest BCUT2D eigenvalue weighted by atomic mass is 16.8. The zero-order valence-corrected chi connectivity index (χ0v) is 17.1. The van der Waals surface area contributed by atoms with E-state index in [4.69, 9.17) is 18.9 Å². The molecular weight excluding hydrogens is 402 g/mol. The molecule has 0 spiro atoms. The lowest BCUT2D eigenvalue weighted by Crippen LogP contribution is -2.51. The summed E-state index contributed by atoms with van der Waals surface area (Å²) < 4.78 is 22.3. The SMILES string of the molecule is CC1(C)O[C@H]2O[C@H](C(=O)O)[C@H](NC(=O)OCC3c4ccccc4-c4ccccc43)[C@@H]2O1. The first kappa shape index (κ1) is 20.0. The quantitative estimate of drug-likeness (QED) is 0.776. The number of carbonyl (C=O) groups is 2. The number of carboxylic acids is 1. The number of amides is 1. The summed E-state index contributed by atoms with van der Waals surface area (Å²) in [7, 11) is 0. The lowest BCUT2D eigenvalue weighted by molar-refractivity contribution is -0.211. The van der Waals surface area contributed by atoms with Crippen molar-refractivity contribution in [2.24, 2.45) is 0 Å². The third-order valence-corrected chi connectivity index (χ3v) is 5.92. The van der Waals surface area contributed by atoms with Gasteiger partial charge in [0.25, 0.3) is 0 Å². The van der Waals surface area contributed by atoms with E-state index in [1.165, 1.54) is 0 Å². The Bertz CT molecular complexity index is 991. The summed E-state index contributed by atoms with van der Waals surface area (Å²) >= 11 is 0. The largest absolute Gasteiger partial charge is 0.479 e. The van der Waals surface area contributed by atoms with Crippen molar-refractivity contribution in [3.63, 3.8) is 0 Å². The fourth-order valence-corrected chi connectivity index (χ4v) is 4.65. The number of ether oxygens (including phenoxy) is 4. The number of rotatable bonds is 4. The minimum atomic E-state index is -1.29. The third kappa shape index (κ3) is 3.46. The normalized spacial score (nSPS) is 27.9. The molecule has 31 heavy (non-hydrogen) atoms. The first-order valence-corrected chi connectivity index (χ1v) is 10.2. The van der Waals surface area contributed by atoms with Gasteiger partial charge < -0.3 is 29.4 Å². The van der Waals surface area contributed by atoms with Crippen LogP contribution in [0.1, 0.15) is 30.9 Å². The Labute approximate surface area is 179 Å². The van der Waals surface area contributed by atoms with Gasteiger partial charge in [-0.2, -0.15) is 0 Å². The van der Waals surface area contributed by atoms with Crippen LogP contribution in [-0.4, -0.2) is 54.1 Å². The van der Waals surface area contributed by atoms with Crippen molar-refractivity contribution < 1.29 is 33.6 Å². The Morgan fingerprint density at radius 1 is 1.03 bits per heavy atom. The van der Waals surface area contributed by atoms with Crippen molar-refractivity contribution in [2.45, 2.75) is 50.1 Å². The molecule has 0 radical (unpaired) electrons. The second kappa shape index (κ2) is 7.33. The molecule has 0 aromatic heterocycles. The fourth-order valence-electron chi connectivity index (χ4n) is 4.65. The molecule has 0 saturated carbocycles. The lowest BCUT2D eigenvalue weighted by atomic mass is 9.98. The highest BCUT2D eigenvalue weighted by Crippen LogP contribution is 2.44. The summed E-state index contributed by atoms with van der Waals surface area (Å²) in [6, 6.07) is 15.1. The van der Waals surface area contributed by atoms with E-state index in [-0.39, 0.29) is 12.5 Å². The van der Waals surface area contributed by atoms with Gasteiger partial charge in [-0.05, 0) is 36.1 Å². The van der Waals surface area contributed by atoms with Gasteiger partial charge in [0.05, 0.1) is 0 Å². The number of benzene rings is 2. The summed E-state index contributed by atoms with van der Waals surface area (Å²) in [6.45, 7) is 3.53. The van der Waals surface area contributed by atoms with Gasteiger partial charge >= 0.3 is 12.1 Å². The molecule has 8 nitrogen and oxygen atoms in total. The number of fused-ring (bicyclic) bond motifs is 4. The Morgan fingerprint density at radius 3 is 2.26 bits per heavy atom. The van der Waals surface area contributed by atoms with Crippen LogP contribution in [-0.2, 0) is 23.7 Å². The zero-order valence-electron chi connectivity index (χ0n) is 17.1. The highest BCUT2D eigenvalue weighted by molar-refractivity contribution is 5.79. The van der Waals surface area contributed by atoms with E-state index in [0.29, 0.717) is 0 Å². The molecular formula is C23H23NO7. The number of hydrogen-bond donors (Lipinski definition) is 2. The molecule has 2 aromatic carbocycles. The second-order valence-corrected chi connectivity index (χ2v) is 8.36. The molecule has 2 aromatic rings. The average Bonchev–Trinajstić information content (AvgIpc) is 3.33. The van der Waals surface area contributed by atoms with Gasteiger partial charge in [0.2, 0.25) is 0 Å². The Kier molecular flexibility index (Phi) is 4.73. The summed E-state index contributed by atoms with van der Waals surface area (Å²) in [4.78, 5) is 24.2. The van der Waals surface area contributed by atoms with Crippen molar-refractivity contribution in [1.82, 2.24) is 5.32 Å². The smallest absolute Gasteiger partial charge is 0.407 e. The number of aliphatic carboxylic acids is 1. The molecule has 5 rings (SSSR count). The maximum Gasteiger partial charge on any atom is 0.407 e. The first-order chi connectivity index (χ1) is 14.8. The summed E-state index contributed by atoms with van der Waals surface area (Å²) in [6.07, 6.45) is -3.62. The van der Waals surface area contributed by atoms with Crippen LogP contribution in [0.15, 0.2) is 48.5 Å².